The number of nitrogens with one attached hydrogen (secondary N) is 4. The molecule has 1 atom stereocenters. The molecule has 1 aliphatic rings. The molecule has 3 aromatic carbocycles. The fourth-order valence-corrected chi connectivity index (χ4v) is 6.49. The number of carbonyl (C=O) groups excluding carboxylic acids is 3. The van der Waals surface area contributed by atoms with Gasteiger partial charge in [-0.25, -0.2) is 4.79 Å². The Balaban J connectivity index is 0.911. The number of phenols is 1. The Morgan fingerprint density at radius 1 is 0.811 bits per heavy atom. The Morgan fingerprint density at radius 2 is 1.57 bits per heavy atom. The van der Waals surface area contributed by atoms with Gasteiger partial charge in [-0.2, -0.15) is 0 Å². The van der Waals surface area contributed by atoms with Crippen molar-refractivity contribution in [1.29, 1.82) is 0 Å². The van der Waals surface area contributed by atoms with Crippen LogP contribution in [0.2, 0.25) is 0 Å². The number of amides is 2. The van der Waals surface area contributed by atoms with Gasteiger partial charge < -0.3 is 35.1 Å². The van der Waals surface area contributed by atoms with Crippen LogP contribution in [0.3, 0.4) is 0 Å². The van der Waals surface area contributed by atoms with Crippen LogP contribution < -0.4 is 21.3 Å². The molecule has 282 valence electrons. The van der Waals surface area contributed by atoms with Crippen molar-refractivity contribution in [3.63, 3.8) is 0 Å². The zero-order valence-electron chi connectivity index (χ0n) is 30.4. The molecule has 53 heavy (non-hydrogen) atoms. The van der Waals surface area contributed by atoms with Gasteiger partial charge in [0, 0.05) is 44.6 Å². The van der Waals surface area contributed by atoms with Gasteiger partial charge in [-0.1, -0.05) is 67.1 Å². The molecule has 0 bridgehead atoms. The lowest BCUT2D eigenvalue weighted by molar-refractivity contribution is -0.122. The minimum absolute atomic E-state index is 0.0367. The number of nitrogens with zero attached hydrogens (tertiary/aromatic N) is 1. The first kappa shape index (κ1) is 39.2. The number of benzene rings is 3. The van der Waals surface area contributed by atoms with Gasteiger partial charge in [-0.15, -0.1) is 0 Å². The van der Waals surface area contributed by atoms with Crippen LogP contribution in [0.4, 0.5) is 10.5 Å². The van der Waals surface area contributed by atoms with Crippen molar-refractivity contribution in [2.75, 3.05) is 44.6 Å². The van der Waals surface area contributed by atoms with Gasteiger partial charge in [0.2, 0.25) is 5.91 Å². The summed E-state index contributed by atoms with van der Waals surface area (Å²) in [6.07, 6.45) is 6.72. The monoisotopic (exact) mass is 723 g/mol. The molecule has 4 aromatic rings. The van der Waals surface area contributed by atoms with Gasteiger partial charge in [-0.05, 0) is 86.7 Å². The molecule has 2 heterocycles. The highest BCUT2D eigenvalue weighted by Gasteiger charge is 2.23. The Kier molecular flexibility index (Phi) is 15.9. The minimum Gasteiger partial charge on any atom is -0.508 e. The molecule has 1 saturated heterocycles. The molecule has 0 aliphatic carbocycles. The number of ether oxygens (including phenoxy) is 1. The van der Waals surface area contributed by atoms with Crippen molar-refractivity contribution < 1.29 is 28.6 Å². The van der Waals surface area contributed by atoms with Crippen molar-refractivity contribution in [2.24, 2.45) is 0 Å². The molecule has 1 fully saturated rings. The van der Waals surface area contributed by atoms with E-state index in [0.29, 0.717) is 57.7 Å². The van der Waals surface area contributed by atoms with Crippen LogP contribution >= 0.6 is 0 Å². The van der Waals surface area contributed by atoms with Crippen molar-refractivity contribution in [3.05, 3.63) is 109 Å². The summed E-state index contributed by atoms with van der Waals surface area (Å²) in [4.78, 5) is 40.7. The van der Waals surface area contributed by atoms with Crippen LogP contribution in [0.5, 0.6) is 5.75 Å². The average Bonchev–Trinajstić information content (AvgIpc) is 3.70. The normalized spacial score (nSPS) is 14.0. The van der Waals surface area contributed by atoms with E-state index in [1.54, 1.807) is 30.5 Å². The highest BCUT2D eigenvalue weighted by molar-refractivity contribution is 5.91. The van der Waals surface area contributed by atoms with Gasteiger partial charge >= 0.3 is 6.09 Å². The average molecular weight is 724 g/mol. The van der Waals surface area contributed by atoms with Crippen LogP contribution in [0, 0.1) is 0 Å². The number of rotatable bonds is 21. The smallest absolute Gasteiger partial charge is 0.411 e. The number of carbonyl (C=O) groups is 3. The lowest BCUT2D eigenvalue weighted by Crippen LogP contribution is -2.40. The number of unbranched alkanes of at least 4 members (excludes halogenated alkanes) is 2. The third kappa shape index (κ3) is 13.5. The van der Waals surface area contributed by atoms with E-state index in [0.717, 1.165) is 67.6 Å². The van der Waals surface area contributed by atoms with Gasteiger partial charge in [0.25, 0.3) is 0 Å². The van der Waals surface area contributed by atoms with Crippen LogP contribution in [-0.4, -0.2) is 73.2 Å². The third-order valence-electron chi connectivity index (χ3n) is 9.44. The van der Waals surface area contributed by atoms with E-state index in [2.05, 4.69) is 26.2 Å². The number of ketones is 1. The first-order chi connectivity index (χ1) is 25.9. The number of Topliss-reactive ketones (excluding diaryl/α,β-unsaturated/α-hetero) is 1. The van der Waals surface area contributed by atoms with Crippen LogP contribution in [0.1, 0.15) is 68.7 Å². The maximum atomic E-state index is 13.2. The molecule has 11 nitrogen and oxygen atoms in total. The summed E-state index contributed by atoms with van der Waals surface area (Å²) in [6.45, 7) is 4.84. The van der Waals surface area contributed by atoms with Crippen molar-refractivity contribution in [2.45, 2.75) is 70.1 Å². The summed E-state index contributed by atoms with van der Waals surface area (Å²) in [5, 5.41) is 22.4. The standard InChI is InChI=1S/C42H53N5O6/c48-34-19-17-33(18-20-34)41(39(49)16-9-24-43-31-36-13-10-30-52-36)45-26-8-2-7-25-44-40(50)23-29-47-27-21-35(22-28-47)53-42(51)46-38-15-6-5-14-37(38)32-11-3-1-4-12-32/h1,3-6,10-15,17-20,30,35,41,43,45,48H,2,7-9,16,21-29,31H2,(H,44,50)(H,46,51). The number of phenolic OH excluding ortho intramolecular Hbond substituents is 1. The molecular formula is C42H53N5O6. The van der Waals surface area contributed by atoms with E-state index in [1.165, 1.54) is 0 Å². The van der Waals surface area contributed by atoms with E-state index in [9.17, 15) is 19.5 Å². The van der Waals surface area contributed by atoms with Crippen LogP contribution in [0.15, 0.2) is 102 Å². The van der Waals surface area contributed by atoms with Crippen LogP contribution in [0.25, 0.3) is 11.1 Å². The molecule has 11 heteroatoms. The molecule has 1 unspecified atom stereocenters. The quantitative estimate of drug-likeness (QED) is 0.0586. The zero-order valence-corrected chi connectivity index (χ0v) is 30.4. The van der Waals surface area contributed by atoms with Crippen molar-refractivity contribution >= 4 is 23.5 Å². The fourth-order valence-electron chi connectivity index (χ4n) is 6.49. The first-order valence-electron chi connectivity index (χ1n) is 18.8. The predicted octanol–water partition coefficient (Wildman–Crippen LogP) is 6.81. The Bertz CT molecular complexity index is 1670. The van der Waals surface area contributed by atoms with E-state index < -0.39 is 12.1 Å². The summed E-state index contributed by atoms with van der Waals surface area (Å²) >= 11 is 0. The van der Waals surface area contributed by atoms with E-state index in [-0.39, 0.29) is 23.5 Å². The molecule has 5 N–H and O–H groups in total. The minimum atomic E-state index is -0.450. The first-order valence-corrected chi connectivity index (χ1v) is 18.8. The maximum absolute atomic E-state index is 13.2. The maximum Gasteiger partial charge on any atom is 0.411 e. The lowest BCUT2D eigenvalue weighted by Gasteiger charge is -2.31. The van der Waals surface area contributed by atoms with E-state index >= 15 is 0 Å². The number of furan rings is 1. The molecule has 1 aliphatic heterocycles. The lowest BCUT2D eigenvalue weighted by atomic mass is 9.99. The van der Waals surface area contributed by atoms with Crippen LogP contribution in [-0.2, 0) is 20.9 Å². The summed E-state index contributed by atoms with van der Waals surface area (Å²) < 4.78 is 11.1. The largest absolute Gasteiger partial charge is 0.508 e. The zero-order chi connectivity index (χ0) is 37.1. The summed E-state index contributed by atoms with van der Waals surface area (Å²) in [7, 11) is 0. The van der Waals surface area contributed by atoms with E-state index in [1.807, 2.05) is 66.7 Å². The number of hydrogen-bond donors (Lipinski definition) is 5. The number of aromatic hydroxyl groups is 1. The van der Waals surface area contributed by atoms with Crippen molar-refractivity contribution in [3.8, 4) is 16.9 Å². The third-order valence-corrected chi connectivity index (χ3v) is 9.44. The highest BCUT2D eigenvalue weighted by Crippen LogP contribution is 2.28. The summed E-state index contributed by atoms with van der Waals surface area (Å²) in [6, 6.07) is 27.8. The molecule has 0 radical (unpaired) electrons. The molecule has 2 amide bonds. The molecule has 0 saturated carbocycles. The summed E-state index contributed by atoms with van der Waals surface area (Å²) in [5.74, 6) is 1.19. The number of para-hydroxylation sites is 1. The Labute approximate surface area is 312 Å². The number of piperidine rings is 1. The second kappa shape index (κ2) is 21.5. The Hall–Kier alpha value is -4.97. The summed E-state index contributed by atoms with van der Waals surface area (Å²) in [5.41, 5.74) is 3.52. The van der Waals surface area contributed by atoms with Gasteiger partial charge in [-0.3, -0.25) is 14.9 Å². The second-order valence-electron chi connectivity index (χ2n) is 13.4. The molecular weight excluding hydrogens is 670 g/mol. The van der Waals surface area contributed by atoms with Gasteiger partial charge in [0.1, 0.15) is 17.6 Å². The fraction of sp³-hybridized carbons (Fsp3) is 0.405. The predicted molar refractivity (Wildman–Crippen MR) is 206 cm³/mol. The van der Waals surface area contributed by atoms with E-state index in [4.69, 9.17) is 9.15 Å². The van der Waals surface area contributed by atoms with Crippen molar-refractivity contribution in [1.82, 2.24) is 20.9 Å². The van der Waals surface area contributed by atoms with Gasteiger partial charge in [0.05, 0.1) is 24.5 Å². The topological polar surface area (TPSA) is 145 Å². The SMILES string of the molecule is O=C(CCN1CCC(OC(=O)Nc2ccccc2-c2ccccc2)CC1)NCCCCCNC(C(=O)CCCNCc1ccco1)c1ccc(O)cc1. The van der Waals surface area contributed by atoms with Gasteiger partial charge in [0.15, 0.2) is 5.78 Å². The molecule has 0 spiro atoms. The molecule has 5 rings (SSSR count). The highest BCUT2D eigenvalue weighted by atomic mass is 16.6. The number of hydrogen-bond acceptors (Lipinski definition) is 9. The molecule has 1 aromatic heterocycles. The second-order valence-corrected chi connectivity index (χ2v) is 13.4. The Morgan fingerprint density at radius 3 is 2.34 bits per heavy atom. The number of likely N-dealkylation sites (tertiary alicyclic amines) is 1. The number of anilines is 1.